The van der Waals surface area contributed by atoms with Crippen molar-refractivity contribution in [3.63, 3.8) is 0 Å². The van der Waals surface area contributed by atoms with Crippen LogP contribution in [0.2, 0.25) is 0 Å². The van der Waals surface area contributed by atoms with Gasteiger partial charge in [-0.2, -0.15) is 0 Å². The number of benzene rings is 1. The summed E-state index contributed by atoms with van der Waals surface area (Å²) < 4.78 is 5.53. The highest BCUT2D eigenvalue weighted by molar-refractivity contribution is 5.78. The largest absolute Gasteiger partial charge is 0.380 e. The minimum absolute atomic E-state index is 0.0704. The maximum absolute atomic E-state index is 11.5. The van der Waals surface area contributed by atoms with Crippen LogP contribution in [0.15, 0.2) is 24.3 Å². The fourth-order valence-electron chi connectivity index (χ4n) is 2.30. The number of rotatable bonds is 5. The van der Waals surface area contributed by atoms with E-state index >= 15 is 0 Å². The normalized spacial score (nSPS) is 22.2. The van der Waals surface area contributed by atoms with Crippen molar-refractivity contribution >= 4 is 11.6 Å². The Balaban J connectivity index is 1.89. The lowest BCUT2D eigenvalue weighted by atomic mass is 10.1. The molecule has 1 heterocycles. The first-order valence-electron chi connectivity index (χ1n) is 6.93. The van der Waals surface area contributed by atoms with E-state index in [0.29, 0.717) is 19.0 Å². The number of ether oxygens (including phenoxy) is 1. The minimum atomic E-state index is 0.0704. The highest BCUT2D eigenvalue weighted by atomic mass is 16.5. The molecule has 1 aliphatic heterocycles. The van der Waals surface area contributed by atoms with Crippen molar-refractivity contribution in [2.75, 3.05) is 18.5 Å². The molecule has 19 heavy (non-hydrogen) atoms. The van der Waals surface area contributed by atoms with E-state index in [1.165, 1.54) is 0 Å². The highest BCUT2D eigenvalue weighted by Crippen LogP contribution is 2.19. The van der Waals surface area contributed by atoms with E-state index in [0.717, 1.165) is 24.3 Å². The molecule has 4 nitrogen and oxygen atoms in total. The zero-order valence-electron chi connectivity index (χ0n) is 11.6. The second kappa shape index (κ2) is 6.57. The van der Waals surface area contributed by atoms with Crippen molar-refractivity contribution in [2.45, 2.75) is 38.8 Å². The van der Waals surface area contributed by atoms with Gasteiger partial charge in [-0.15, -0.1) is 0 Å². The molecule has 1 aliphatic rings. The first-order valence-corrected chi connectivity index (χ1v) is 6.93. The van der Waals surface area contributed by atoms with Crippen LogP contribution in [0, 0.1) is 0 Å². The average Bonchev–Trinajstić information content (AvgIpc) is 2.78. The molecule has 1 aromatic carbocycles. The number of carbonyl (C=O) groups is 1. The maximum Gasteiger partial charge on any atom is 0.224 e. The van der Waals surface area contributed by atoms with Gasteiger partial charge in [0.1, 0.15) is 0 Å². The number of likely N-dealkylation sites (N-methyl/N-ethyl adjacent to an activating group) is 1. The smallest absolute Gasteiger partial charge is 0.224 e. The Morgan fingerprint density at radius 2 is 2.11 bits per heavy atom. The quantitative estimate of drug-likeness (QED) is 0.853. The molecule has 2 N–H and O–H groups in total. The van der Waals surface area contributed by atoms with Gasteiger partial charge in [0.2, 0.25) is 5.91 Å². The number of carbonyl (C=O) groups excluding carboxylic acids is 1. The second-order valence-electron chi connectivity index (χ2n) is 4.94. The molecule has 0 aromatic heterocycles. The summed E-state index contributed by atoms with van der Waals surface area (Å²) in [5, 5.41) is 6.27. The molecule has 0 bridgehead atoms. The van der Waals surface area contributed by atoms with Gasteiger partial charge in [-0.1, -0.05) is 12.1 Å². The zero-order chi connectivity index (χ0) is 13.7. The Hall–Kier alpha value is -1.55. The molecular formula is C15H22N2O2. The standard InChI is InChI=1S/C15H22N2O2/c1-3-16-15(18)10-12-4-6-13(7-5-12)17-14-8-9-19-11(14)2/h4-7,11,14,17H,3,8-10H2,1-2H3,(H,16,18). The molecule has 1 fully saturated rings. The molecule has 104 valence electrons. The predicted octanol–water partition coefficient (Wildman–Crippen LogP) is 1.95. The Labute approximate surface area is 114 Å². The molecule has 1 amide bonds. The summed E-state index contributed by atoms with van der Waals surface area (Å²) in [5.41, 5.74) is 2.12. The van der Waals surface area contributed by atoms with Crippen LogP contribution in [0.5, 0.6) is 0 Å². The molecule has 4 heteroatoms. The summed E-state index contributed by atoms with van der Waals surface area (Å²) in [6, 6.07) is 8.43. The van der Waals surface area contributed by atoms with Crippen molar-refractivity contribution in [1.82, 2.24) is 5.32 Å². The van der Waals surface area contributed by atoms with Gasteiger partial charge in [0.15, 0.2) is 0 Å². The SMILES string of the molecule is CCNC(=O)Cc1ccc(NC2CCOC2C)cc1. The minimum Gasteiger partial charge on any atom is -0.380 e. The van der Waals surface area contributed by atoms with E-state index in [1.54, 1.807) is 0 Å². The summed E-state index contributed by atoms with van der Waals surface area (Å²) in [5.74, 6) is 0.0704. The predicted molar refractivity (Wildman–Crippen MR) is 76.3 cm³/mol. The number of hydrogen-bond acceptors (Lipinski definition) is 3. The Morgan fingerprint density at radius 1 is 1.37 bits per heavy atom. The molecule has 2 unspecified atom stereocenters. The first-order chi connectivity index (χ1) is 9.19. The topological polar surface area (TPSA) is 50.4 Å². The van der Waals surface area contributed by atoms with Gasteiger partial charge in [0.05, 0.1) is 18.6 Å². The van der Waals surface area contributed by atoms with E-state index in [2.05, 4.69) is 17.6 Å². The van der Waals surface area contributed by atoms with Gasteiger partial charge in [-0.25, -0.2) is 0 Å². The van der Waals surface area contributed by atoms with Crippen molar-refractivity contribution < 1.29 is 9.53 Å². The Morgan fingerprint density at radius 3 is 2.68 bits per heavy atom. The van der Waals surface area contributed by atoms with Gasteiger partial charge in [0, 0.05) is 18.8 Å². The van der Waals surface area contributed by atoms with Crippen LogP contribution >= 0.6 is 0 Å². The maximum atomic E-state index is 11.5. The first kappa shape index (κ1) is 13.9. The molecular weight excluding hydrogens is 240 g/mol. The monoisotopic (exact) mass is 262 g/mol. The van der Waals surface area contributed by atoms with Gasteiger partial charge in [0.25, 0.3) is 0 Å². The Bertz CT molecular complexity index is 417. The number of amides is 1. The summed E-state index contributed by atoms with van der Waals surface area (Å²) in [6.45, 7) is 5.52. The summed E-state index contributed by atoms with van der Waals surface area (Å²) in [6.07, 6.45) is 1.74. The van der Waals surface area contributed by atoms with Crippen molar-refractivity contribution in [3.8, 4) is 0 Å². The molecule has 2 atom stereocenters. The fourth-order valence-corrected chi connectivity index (χ4v) is 2.30. The van der Waals surface area contributed by atoms with Gasteiger partial charge >= 0.3 is 0 Å². The van der Waals surface area contributed by atoms with E-state index in [1.807, 2.05) is 31.2 Å². The van der Waals surface area contributed by atoms with Gasteiger partial charge < -0.3 is 15.4 Å². The lowest BCUT2D eigenvalue weighted by molar-refractivity contribution is -0.120. The zero-order valence-corrected chi connectivity index (χ0v) is 11.6. The third kappa shape index (κ3) is 3.96. The van der Waals surface area contributed by atoms with E-state index in [4.69, 9.17) is 4.74 Å². The lowest BCUT2D eigenvalue weighted by Gasteiger charge is -2.17. The summed E-state index contributed by atoms with van der Waals surface area (Å²) in [4.78, 5) is 11.5. The highest BCUT2D eigenvalue weighted by Gasteiger charge is 2.23. The molecule has 2 rings (SSSR count). The fraction of sp³-hybridized carbons (Fsp3) is 0.533. The van der Waals surface area contributed by atoms with Crippen LogP contribution in [0.3, 0.4) is 0 Å². The summed E-state index contributed by atoms with van der Waals surface area (Å²) >= 11 is 0. The van der Waals surface area contributed by atoms with Crippen molar-refractivity contribution in [2.24, 2.45) is 0 Å². The summed E-state index contributed by atoms with van der Waals surface area (Å²) in [7, 11) is 0. The van der Waals surface area contributed by atoms with Crippen molar-refractivity contribution in [3.05, 3.63) is 29.8 Å². The van der Waals surface area contributed by atoms with Crippen LogP contribution in [0.4, 0.5) is 5.69 Å². The molecule has 0 spiro atoms. The molecule has 1 aromatic rings. The molecule has 0 saturated carbocycles. The van der Waals surface area contributed by atoms with Crippen LogP contribution < -0.4 is 10.6 Å². The van der Waals surface area contributed by atoms with Crippen LogP contribution in [0.25, 0.3) is 0 Å². The number of hydrogen-bond donors (Lipinski definition) is 2. The van der Waals surface area contributed by atoms with Crippen LogP contribution in [0.1, 0.15) is 25.8 Å². The average molecular weight is 262 g/mol. The van der Waals surface area contributed by atoms with Crippen LogP contribution in [-0.2, 0) is 16.0 Å². The number of anilines is 1. The molecule has 0 aliphatic carbocycles. The third-order valence-corrected chi connectivity index (χ3v) is 3.42. The van der Waals surface area contributed by atoms with Crippen molar-refractivity contribution in [1.29, 1.82) is 0 Å². The third-order valence-electron chi connectivity index (χ3n) is 3.42. The second-order valence-corrected chi connectivity index (χ2v) is 4.94. The van der Waals surface area contributed by atoms with E-state index < -0.39 is 0 Å². The van der Waals surface area contributed by atoms with Crippen LogP contribution in [-0.4, -0.2) is 31.2 Å². The molecule has 1 saturated heterocycles. The number of nitrogens with one attached hydrogen (secondary N) is 2. The van der Waals surface area contributed by atoms with E-state index in [-0.39, 0.29) is 12.0 Å². The Kier molecular flexibility index (Phi) is 4.80. The van der Waals surface area contributed by atoms with E-state index in [9.17, 15) is 4.79 Å². The van der Waals surface area contributed by atoms with Gasteiger partial charge in [-0.05, 0) is 38.0 Å². The molecule has 0 radical (unpaired) electrons. The van der Waals surface area contributed by atoms with Gasteiger partial charge in [-0.3, -0.25) is 4.79 Å². The lowest BCUT2D eigenvalue weighted by Crippen LogP contribution is -2.26.